The van der Waals surface area contributed by atoms with Crippen molar-refractivity contribution in [3.63, 3.8) is 0 Å². The Labute approximate surface area is 199 Å². The Morgan fingerprint density at radius 2 is 1.91 bits per heavy atom. The van der Waals surface area contributed by atoms with Crippen molar-refractivity contribution in [2.45, 2.75) is 52.0 Å². The van der Waals surface area contributed by atoms with E-state index in [4.69, 9.17) is 0 Å². The molecule has 1 aliphatic rings. The predicted octanol–water partition coefficient (Wildman–Crippen LogP) is 2.65. The second kappa shape index (κ2) is 9.21. The lowest BCUT2D eigenvalue weighted by Crippen LogP contribution is -2.30. The third-order valence-corrected chi connectivity index (χ3v) is 6.23. The maximum Gasteiger partial charge on any atom is 0.270 e. The molecule has 0 aliphatic carbocycles. The van der Waals surface area contributed by atoms with E-state index in [-0.39, 0.29) is 29.3 Å². The number of anilines is 2. The lowest BCUT2D eigenvalue weighted by atomic mass is 9.96. The van der Waals surface area contributed by atoms with E-state index in [0.29, 0.717) is 39.3 Å². The number of nitrogens with zero attached hydrogens (tertiary/aromatic N) is 5. The standard InChI is InChI=1S/C22H24N8O3S/c1-11(27-19(33)16-12-5-6-15(31)30-17(12)26-10-25-16)20-24-9-13(34-20)18(32)28-14-7-8-23-21(29-14)22(2,3)4/h7-11H,5-6H2,1-4H3,(H,27,33)(H,23,28,29,32)(H,25,26,30,31)/t11-/m1/s1. The van der Waals surface area contributed by atoms with Gasteiger partial charge in [0.1, 0.15) is 39.4 Å². The van der Waals surface area contributed by atoms with E-state index in [2.05, 4.69) is 40.9 Å². The molecular formula is C22H24N8O3S. The number of carbonyl (C=O) groups is 3. The van der Waals surface area contributed by atoms with E-state index in [0.717, 1.165) is 0 Å². The van der Waals surface area contributed by atoms with Gasteiger partial charge in [-0.05, 0) is 19.4 Å². The monoisotopic (exact) mass is 480 g/mol. The zero-order valence-corrected chi connectivity index (χ0v) is 20.0. The quantitative estimate of drug-likeness (QED) is 0.504. The van der Waals surface area contributed by atoms with Crippen LogP contribution in [0.1, 0.15) is 76.7 Å². The fourth-order valence-electron chi connectivity index (χ4n) is 3.27. The van der Waals surface area contributed by atoms with Crippen molar-refractivity contribution in [2.24, 2.45) is 0 Å². The molecule has 34 heavy (non-hydrogen) atoms. The molecule has 0 bridgehead atoms. The molecule has 3 aromatic rings. The minimum Gasteiger partial charge on any atom is -0.342 e. The second-order valence-corrected chi connectivity index (χ2v) is 9.89. The summed E-state index contributed by atoms with van der Waals surface area (Å²) in [5.41, 5.74) is 0.566. The molecule has 12 heteroatoms. The first-order valence-corrected chi connectivity index (χ1v) is 11.5. The van der Waals surface area contributed by atoms with Gasteiger partial charge in [-0.15, -0.1) is 11.3 Å². The van der Waals surface area contributed by atoms with Gasteiger partial charge < -0.3 is 16.0 Å². The number of rotatable bonds is 5. The Morgan fingerprint density at radius 1 is 1.12 bits per heavy atom. The van der Waals surface area contributed by atoms with E-state index in [1.807, 2.05) is 20.8 Å². The Bertz CT molecular complexity index is 1270. The number of aromatic nitrogens is 5. The van der Waals surface area contributed by atoms with Gasteiger partial charge in [0.05, 0.1) is 12.2 Å². The van der Waals surface area contributed by atoms with Crippen LogP contribution in [0.5, 0.6) is 0 Å². The molecule has 0 radical (unpaired) electrons. The van der Waals surface area contributed by atoms with Crippen molar-refractivity contribution < 1.29 is 14.4 Å². The predicted molar refractivity (Wildman–Crippen MR) is 126 cm³/mol. The molecular weight excluding hydrogens is 456 g/mol. The zero-order valence-electron chi connectivity index (χ0n) is 19.2. The summed E-state index contributed by atoms with van der Waals surface area (Å²) >= 11 is 1.17. The van der Waals surface area contributed by atoms with Crippen molar-refractivity contribution in [3.8, 4) is 0 Å². The molecule has 4 rings (SSSR count). The molecule has 0 fully saturated rings. The molecule has 1 aliphatic heterocycles. The molecule has 0 spiro atoms. The summed E-state index contributed by atoms with van der Waals surface area (Å²) in [5.74, 6) is 0.494. The van der Waals surface area contributed by atoms with Crippen molar-refractivity contribution in [1.29, 1.82) is 0 Å². The fourth-order valence-corrected chi connectivity index (χ4v) is 4.09. The Morgan fingerprint density at radius 3 is 2.68 bits per heavy atom. The van der Waals surface area contributed by atoms with Gasteiger partial charge in [0, 0.05) is 23.6 Å². The van der Waals surface area contributed by atoms with Crippen LogP contribution >= 0.6 is 11.3 Å². The highest BCUT2D eigenvalue weighted by Crippen LogP contribution is 2.25. The first kappa shape index (κ1) is 23.4. The van der Waals surface area contributed by atoms with Gasteiger partial charge in [-0.2, -0.15) is 0 Å². The minimum atomic E-state index is -0.464. The summed E-state index contributed by atoms with van der Waals surface area (Å²) in [6, 6.07) is 1.16. The van der Waals surface area contributed by atoms with Crippen LogP contribution in [-0.2, 0) is 16.6 Å². The summed E-state index contributed by atoms with van der Waals surface area (Å²) in [5, 5.41) is 8.84. The largest absolute Gasteiger partial charge is 0.342 e. The second-order valence-electron chi connectivity index (χ2n) is 8.83. The SMILES string of the molecule is C[C@@H](NC(=O)c1ncnc2c1CCC(=O)N2)c1ncc(C(=O)Nc2ccnc(C(C)(C)C)n2)s1. The van der Waals surface area contributed by atoms with Gasteiger partial charge >= 0.3 is 0 Å². The number of hydrogen-bond acceptors (Lipinski definition) is 9. The van der Waals surface area contributed by atoms with E-state index in [9.17, 15) is 14.4 Å². The Kier molecular flexibility index (Phi) is 6.33. The van der Waals surface area contributed by atoms with Crippen LogP contribution in [0.4, 0.5) is 11.6 Å². The Hall–Kier alpha value is -3.80. The van der Waals surface area contributed by atoms with Crippen LogP contribution in [0.15, 0.2) is 24.8 Å². The van der Waals surface area contributed by atoms with Crippen LogP contribution in [-0.4, -0.2) is 42.6 Å². The van der Waals surface area contributed by atoms with Gasteiger partial charge in [0.2, 0.25) is 5.91 Å². The third kappa shape index (κ3) is 5.06. The number of hydrogen-bond donors (Lipinski definition) is 3. The van der Waals surface area contributed by atoms with Gasteiger partial charge in [-0.25, -0.2) is 24.9 Å². The molecule has 0 unspecified atom stereocenters. The summed E-state index contributed by atoms with van der Waals surface area (Å²) in [6.07, 6.45) is 4.97. The molecule has 3 amide bonds. The average molecular weight is 481 g/mol. The molecule has 3 N–H and O–H groups in total. The summed E-state index contributed by atoms with van der Waals surface area (Å²) in [4.78, 5) is 58.6. The van der Waals surface area contributed by atoms with Crippen LogP contribution in [0.3, 0.4) is 0 Å². The molecule has 3 aromatic heterocycles. The number of nitrogens with one attached hydrogen (secondary N) is 3. The van der Waals surface area contributed by atoms with Gasteiger partial charge in [-0.3, -0.25) is 14.4 Å². The number of amides is 3. The lowest BCUT2D eigenvalue weighted by Gasteiger charge is -2.18. The van der Waals surface area contributed by atoms with Crippen molar-refractivity contribution in [2.75, 3.05) is 10.6 Å². The van der Waals surface area contributed by atoms with Crippen LogP contribution in [0, 0.1) is 0 Å². The fraction of sp³-hybridized carbons (Fsp3) is 0.364. The summed E-state index contributed by atoms with van der Waals surface area (Å²) in [7, 11) is 0. The molecule has 11 nitrogen and oxygen atoms in total. The smallest absolute Gasteiger partial charge is 0.270 e. The zero-order chi connectivity index (χ0) is 24.5. The maximum absolute atomic E-state index is 12.8. The highest BCUT2D eigenvalue weighted by molar-refractivity contribution is 7.13. The van der Waals surface area contributed by atoms with Gasteiger partial charge in [0.25, 0.3) is 11.8 Å². The summed E-state index contributed by atoms with van der Waals surface area (Å²) < 4.78 is 0. The van der Waals surface area contributed by atoms with E-state index >= 15 is 0 Å². The minimum absolute atomic E-state index is 0.142. The number of thiazole rings is 1. The van der Waals surface area contributed by atoms with Gasteiger partial charge in [-0.1, -0.05) is 20.8 Å². The average Bonchev–Trinajstić information content (AvgIpc) is 3.29. The normalized spacial score (nSPS) is 14.1. The van der Waals surface area contributed by atoms with E-state index in [1.54, 1.807) is 19.2 Å². The van der Waals surface area contributed by atoms with Crippen LogP contribution < -0.4 is 16.0 Å². The van der Waals surface area contributed by atoms with Crippen molar-refractivity contribution >= 4 is 40.7 Å². The lowest BCUT2D eigenvalue weighted by molar-refractivity contribution is -0.116. The number of fused-ring (bicyclic) bond motifs is 1. The molecule has 176 valence electrons. The topological polar surface area (TPSA) is 152 Å². The highest BCUT2D eigenvalue weighted by atomic mass is 32.1. The summed E-state index contributed by atoms with van der Waals surface area (Å²) in [6.45, 7) is 7.75. The van der Waals surface area contributed by atoms with E-state index in [1.165, 1.54) is 23.9 Å². The van der Waals surface area contributed by atoms with Crippen LogP contribution in [0.25, 0.3) is 0 Å². The molecule has 0 saturated carbocycles. The van der Waals surface area contributed by atoms with Crippen molar-refractivity contribution in [1.82, 2.24) is 30.2 Å². The third-order valence-electron chi connectivity index (χ3n) is 5.05. The van der Waals surface area contributed by atoms with Crippen LogP contribution in [0.2, 0.25) is 0 Å². The van der Waals surface area contributed by atoms with Gasteiger partial charge in [0.15, 0.2) is 0 Å². The van der Waals surface area contributed by atoms with E-state index < -0.39 is 11.9 Å². The molecule has 0 saturated heterocycles. The van der Waals surface area contributed by atoms with Crippen molar-refractivity contribution in [3.05, 3.63) is 51.8 Å². The maximum atomic E-state index is 12.8. The highest BCUT2D eigenvalue weighted by Gasteiger charge is 2.25. The Balaban J connectivity index is 1.43. The first-order valence-electron chi connectivity index (χ1n) is 10.7. The molecule has 1 atom stereocenters. The first-order chi connectivity index (χ1) is 16.1. The molecule has 0 aromatic carbocycles. The number of carbonyl (C=O) groups excluding carboxylic acids is 3. The molecule has 4 heterocycles.